The van der Waals surface area contributed by atoms with E-state index in [0.29, 0.717) is 25.3 Å². The third kappa shape index (κ3) is 5.80. The van der Waals surface area contributed by atoms with E-state index in [1.54, 1.807) is 36.9 Å². The molecule has 5 heterocycles. The number of aromatic nitrogens is 3. The number of hydrogen-bond acceptors (Lipinski definition) is 7. The highest BCUT2D eigenvalue weighted by Gasteiger charge is 2.34. The molecule has 0 unspecified atom stereocenters. The molecule has 0 radical (unpaired) electrons. The number of ketones is 1. The fourth-order valence-corrected chi connectivity index (χ4v) is 7.24. The number of carbonyl (C=O) groups excluding carboxylic acids is 2. The summed E-state index contributed by atoms with van der Waals surface area (Å²) in [7, 11) is 7.09. The molecule has 2 atom stereocenters. The standard InChI is InChI=1S/C37H35F3N6O6/c1-43-11-9-19-14-27(36(48)20-12-24(39)32(25(40)13-20)42-30(47)8-7-22-15-21(38)17-46(22)37(49)50)45-10-5-6-23(34(19)45)31-28(52-4)16-26-33(35(31)43)41-29(18-51-3)44(26)2/h5-8,10,12-14,16,21-22H,9,11,15,17-18H2,1-4H3,(H,42,47)(H,49,50)/b8-7+/t21-,22-/m1/s1. The first kappa shape index (κ1) is 34.6. The minimum Gasteiger partial charge on any atom is -0.496 e. The number of amides is 2. The number of methoxy groups -OCH3 is 2. The van der Waals surface area contributed by atoms with Gasteiger partial charge in [0.2, 0.25) is 11.7 Å². The summed E-state index contributed by atoms with van der Waals surface area (Å²) in [6, 6.07) is 8.17. The highest BCUT2D eigenvalue weighted by atomic mass is 19.1. The molecule has 0 spiro atoms. The molecule has 1 saturated heterocycles. The van der Waals surface area contributed by atoms with Gasteiger partial charge < -0.3 is 33.8 Å². The topological polar surface area (TPSA) is 131 Å². The third-order valence-electron chi connectivity index (χ3n) is 9.73. The lowest BCUT2D eigenvalue weighted by Crippen LogP contribution is -2.33. The molecule has 7 rings (SSSR count). The van der Waals surface area contributed by atoms with Crippen LogP contribution in [0.25, 0.3) is 27.7 Å². The number of nitrogens with zero attached hydrogens (tertiary/aromatic N) is 5. The number of carbonyl (C=O) groups is 3. The Bertz CT molecular complexity index is 2290. The van der Waals surface area contributed by atoms with Crippen molar-refractivity contribution in [3.63, 3.8) is 0 Å². The maximum atomic E-state index is 15.4. The Morgan fingerprint density at radius 3 is 2.56 bits per heavy atom. The molecular formula is C37H35F3N6O6. The molecule has 12 nitrogen and oxygen atoms in total. The van der Waals surface area contributed by atoms with Crippen molar-refractivity contribution < 1.29 is 42.1 Å². The minimum atomic E-state index is -1.39. The number of likely N-dealkylation sites (tertiary alicyclic amines) is 1. The quantitative estimate of drug-likeness (QED) is 0.154. The number of alkyl halides is 1. The number of nitrogens with one attached hydrogen (secondary N) is 1. The Morgan fingerprint density at radius 1 is 1.12 bits per heavy atom. The summed E-state index contributed by atoms with van der Waals surface area (Å²) in [5.74, 6) is -2.63. The summed E-state index contributed by atoms with van der Waals surface area (Å²) in [6.45, 7) is 0.535. The van der Waals surface area contributed by atoms with Crippen molar-refractivity contribution in [3.05, 3.63) is 89.0 Å². The number of anilines is 2. The molecule has 0 saturated carbocycles. The number of fused-ring (bicyclic) bond motifs is 4. The van der Waals surface area contributed by atoms with Crippen molar-refractivity contribution in [2.45, 2.75) is 31.7 Å². The maximum Gasteiger partial charge on any atom is 0.407 e. The molecule has 270 valence electrons. The summed E-state index contributed by atoms with van der Waals surface area (Å²) in [4.78, 5) is 45.8. The lowest BCUT2D eigenvalue weighted by atomic mass is 9.96. The van der Waals surface area contributed by atoms with Crippen LogP contribution in [0.2, 0.25) is 0 Å². The van der Waals surface area contributed by atoms with E-state index in [9.17, 15) is 23.9 Å². The number of carboxylic acid groups (broad SMARTS) is 1. The van der Waals surface area contributed by atoms with Crippen LogP contribution < -0.4 is 15.0 Å². The van der Waals surface area contributed by atoms with Crippen molar-refractivity contribution in [1.29, 1.82) is 0 Å². The highest BCUT2D eigenvalue weighted by molar-refractivity contribution is 6.11. The van der Waals surface area contributed by atoms with E-state index >= 15 is 8.78 Å². The molecule has 2 amide bonds. The summed E-state index contributed by atoms with van der Waals surface area (Å²) in [6.07, 6.45) is 1.44. The van der Waals surface area contributed by atoms with Crippen molar-refractivity contribution in [2.75, 3.05) is 44.6 Å². The molecule has 2 aliphatic rings. The second-order valence-electron chi connectivity index (χ2n) is 12.9. The van der Waals surface area contributed by atoms with Crippen LogP contribution in [0.3, 0.4) is 0 Å². The molecule has 15 heteroatoms. The van der Waals surface area contributed by atoms with E-state index in [1.807, 2.05) is 30.8 Å². The normalized spacial score (nSPS) is 17.1. The van der Waals surface area contributed by atoms with E-state index in [1.165, 1.54) is 6.08 Å². The van der Waals surface area contributed by atoms with Crippen LogP contribution in [-0.2, 0) is 29.6 Å². The third-order valence-corrected chi connectivity index (χ3v) is 9.73. The van der Waals surface area contributed by atoms with Gasteiger partial charge in [-0.25, -0.2) is 22.9 Å². The van der Waals surface area contributed by atoms with E-state index in [4.69, 9.17) is 14.5 Å². The monoisotopic (exact) mass is 716 g/mol. The zero-order valence-corrected chi connectivity index (χ0v) is 28.7. The van der Waals surface area contributed by atoms with Gasteiger partial charge >= 0.3 is 6.09 Å². The molecule has 0 bridgehead atoms. The largest absolute Gasteiger partial charge is 0.496 e. The van der Waals surface area contributed by atoms with Gasteiger partial charge in [0.1, 0.15) is 47.2 Å². The number of benzene rings is 2. The average Bonchev–Trinajstić information content (AvgIpc) is 3.78. The first-order chi connectivity index (χ1) is 24.9. The summed E-state index contributed by atoms with van der Waals surface area (Å²) >= 11 is 0. The van der Waals surface area contributed by atoms with Gasteiger partial charge in [0.05, 0.1) is 47.7 Å². The van der Waals surface area contributed by atoms with E-state index < -0.39 is 47.3 Å². The summed E-state index contributed by atoms with van der Waals surface area (Å²) < 4.78 is 59.5. The van der Waals surface area contributed by atoms with Crippen LogP contribution in [-0.4, -0.2) is 88.3 Å². The number of ether oxygens (including phenoxy) is 2. The maximum absolute atomic E-state index is 15.4. The van der Waals surface area contributed by atoms with Gasteiger partial charge in [-0.1, -0.05) is 12.1 Å². The zero-order chi connectivity index (χ0) is 37.0. The molecule has 0 aliphatic carbocycles. The lowest BCUT2D eigenvalue weighted by molar-refractivity contribution is -0.112. The van der Waals surface area contributed by atoms with Gasteiger partial charge in [0.15, 0.2) is 0 Å². The van der Waals surface area contributed by atoms with Crippen LogP contribution >= 0.6 is 0 Å². The number of halogens is 3. The SMILES string of the molecule is COCc1nc2c3c(c(OC)cc2n1C)-c1cccn2c(C(=O)c4cc(F)c(NC(=O)/C=C/[C@@H]5C[C@@H](F)CN5C(=O)O)c(F)c4)cc(c12)CCN3C. The van der Waals surface area contributed by atoms with Gasteiger partial charge in [-0.3, -0.25) is 14.5 Å². The Balaban J connectivity index is 1.24. The van der Waals surface area contributed by atoms with Crippen LogP contribution in [0.5, 0.6) is 5.75 Å². The van der Waals surface area contributed by atoms with E-state index in [0.717, 1.165) is 67.9 Å². The van der Waals surface area contributed by atoms with Crippen molar-refractivity contribution in [2.24, 2.45) is 7.05 Å². The number of aryl methyl sites for hydroxylation is 1. The smallest absolute Gasteiger partial charge is 0.407 e. The molecule has 2 N–H and O–H groups in total. The predicted molar refractivity (Wildman–Crippen MR) is 187 cm³/mol. The van der Waals surface area contributed by atoms with Gasteiger partial charge in [-0.05, 0) is 36.2 Å². The Kier molecular flexibility index (Phi) is 8.90. The molecule has 3 aromatic heterocycles. The van der Waals surface area contributed by atoms with Gasteiger partial charge in [-0.15, -0.1) is 0 Å². The lowest BCUT2D eigenvalue weighted by Gasteiger charge is -2.27. The van der Waals surface area contributed by atoms with Crippen LogP contribution in [0, 0.1) is 11.6 Å². The highest BCUT2D eigenvalue weighted by Crippen LogP contribution is 2.47. The minimum absolute atomic E-state index is 0.145. The van der Waals surface area contributed by atoms with E-state index in [2.05, 4.69) is 10.2 Å². The molecule has 2 aromatic carbocycles. The van der Waals surface area contributed by atoms with Crippen LogP contribution in [0.1, 0.15) is 33.9 Å². The van der Waals surface area contributed by atoms with Crippen molar-refractivity contribution in [1.82, 2.24) is 18.9 Å². The Hall–Kier alpha value is -5.83. The Labute approximate surface area is 295 Å². The van der Waals surface area contributed by atoms with Crippen LogP contribution in [0.15, 0.2) is 54.7 Å². The van der Waals surface area contributed by atoms with Gasteiger partial charge in [0.25, 0.3) is 0 Å². The predicted octanol–water partition coefficient (Wildman–Crippen LogP) is 5.73. The molecule has 1 fully saturated rings. The van der Waals surface area contributed by atoms with Gasteiger partial charge in [-0.2, -0.15) is 0 Å². The average molecular weight is 717 g/mol. The second kappa shape index (κ2) is 13.4. The van der Waals surface area contributed by atoms with Crippen molar-refractivity contribution >= 4 is 45.7 Å². The zero-order valence-electron chi connectivity index (χ0n) is 28.7. The summed E-state index contributed by atoms with van der Waals surface area (Å²) in [5.41, 5.74) is 4.75. The number of likely N-dealkylation sites (N-methyl/N-ethyl adjacent to an activating group) is 1. The molecule has 52 heavy (non-hydrogen) atoms. The number of pyridine rings is 1. The van der Waals surface area contributed by atoms with Crippen LogP contribution in [0.4, 0.5) is 29.3 Å². The fourth-order valence-electron chi connectivity index (χ4n) is 7.24. The molecule has 2 aliphatic heterocycles. The van der Waals surface area contributed by atoms with E-state index in [-0.39, 0.29) is 24.2 Å². The Morgan fingerprint density at radius 2 is 1.87 bits per heavy atom. The number of hydrogen-bond donors (Lipinski definition) is 2. The van der Waals surface area contributed by atoms with Crippen molar-refractivity contribution in [3.8, 4) is 16.9 Å². The van der Waals surface area contributed by atoms with Gasteiger partial charge in [0, 0.05) is 63.6 Å². The fraction of sp³-hybridized carbons (Fsp3) is 0.297. The first-order valence-electron chi connectivity index (χ1n) is 16.5. The number of imidazole rings is 1. The molecule has 5 aromatic rings. The molecular weight excluding hydrogens is 681 g/mol. The number of rotatable bonds is 8. The summed E-state index contributed by atoms with van der Waals surface area (Å²) in [5, 5.41) is 11.4. The second-order valence-corrected chi connectivity index (χ2v) is 12.9. The first-order valence-corrected chi connectivity index (χ1v) is 16.5.